The summed E-state index contributed by atoms with van der Waals surface area (Å²) in [5.41, 5.74) is -5.53. The Morgan fingerprint density at radius 2 is 1.93 bits per heavy atom. The highest BCUT2D eigenvalue weighted by Crippen LogP contribution is 2.63. The van der Waals surface area contributed by atoms with E-state index in [-0.39, 0.29) is 24.5 Å². The summed E-state index contributed by atoms with van der Waals surface area (Å²) >= 11 is 0. The molecule has 1 aliphatic heterocycles. The number of carbonyl (C=O) groups is 1. The Balaban J connectivity index is 2.18. The number of hydrogen-bond donors (Lipinski definition) is 0. The van der Waals surface area contributed by atoms with Crippen LogP contribution in [0, 0.1) is 0 Å². The Labute approximate surface area is 157 Å². The van der Waals surface area contributed by atoms with Crippen LogP contribution in [0.2, 0.25) is 0 Å². The summed E-state index contributed by atoms with van der Waals surface area (Å²) in [6.45, 7) is 2.10. The van der Waals surface area contributed by atoms with E-state index in [0.717, 1.165) is 6.42 Å². The van der Waals surface area contributed by atoms with E-state index in [1.807, 2.05) is 6.92 Å². The summed E-state index contributed by atoms with van der Waals surface area (Å²) in [6.07, 6.45) is -0.0406. The van der Waals surface area contributed by atoms with Crippen LogP contribution in [0.15, 0.2) is 35.2 Å². The molecule has 154 valence electrons. The molecule has 11 heteroatoms. The molecule has 27 heavy (non-hydrogen) atoms. The van der Waals surface area contributed by atoms with E-state index >= 15 is 0 Å². The van der Waals surface area contributed by atoms with Gasteiger partial charge >= 0.3 is 21.8 Å². The van der Waals surface area contributed by atoms with Crippen molar-refractivity contribution in [1.29, 1.82) is 0 Å². The minimum atomic E-state index is -5.79. The zero-order chi connectivity index (χ0) is 20.1. The van der Waals surface area contributed by atoms with Crippen LogP contribution >= 0.6 is 10.3 Å². The molecule has 1 fully saturated rings. The molecule has 0 N–H and O–H groups in total. The minimum Gasteiger partial charge on any atom is -0.434 e. The monoisotopic (exact) mass is 430 g/mol. The van der Waals surface area contributed by atoms with Crippen LogP contribution in [-0.4, -0.2) is 44.3 Å². The lowest BCUT2D eigenvalue weighted by Gasteiger charge is -2.34. The van der Waals surface area contributed by atoms with Crippen LogP contribution < -0.4 is 0 Å². The van der Waals surface area contributed by atoms with Gasteiger partial charge in [-0.05, 0) is 25.0 Å². The smallest absolute Gasteiger partial charge is 0.434 e. The Morgan fingerprint density at radius 1 is 1.26 bits per heavy atom. The lowest BCUT2D eigenvalue weighted by atomic mass is 10.3. The molecule has 1 heterocycles. The van der Waals surface area contributed by atoms with Gasteiger partial charge in [-0.1, -0.05) is 41.9 Å². The zero-order valence-corrected chi connectivity index (χ0v) is 16.2. The Hall–Kier alpha value is -1.46. The Kier molecular flexibility index (Phi) is 7.03. The van der Waals surface area contributed by atoms with E-state index in [9.17, 15) is 26.4 Å². The maximum Gasteiger partial charge on any atom is 0.523 e. The quantitative estimate of drug-likeness (QED) is 0.363. The molecule has 0 radical (unpaired) electrons. The largest absolute Gasteiger partial charge is 0.523 e. The maximum atomic E-state index is 12.8. The van der Waals surface area contributed by atoms with E-state index in [1.54, 1.807) is 18.2 Å². The van der Waals surface area contributed by atoms with Gasteiger partial charge in [0.05, 0.1) is 6.61 Å². The van der Waals surface area contributed by atoms with Crippen LogP contribution in [0.25, 0.3) is 0 Å². The van der Waals surface area contributed by atoms with Gasteiger partial charge in [-0.3, -0.25) is 0 Å². The normalized spacial score (nSPS) is 25.6. The molecule has 2 unspecified atom stereocenters. The van der Waals surface area contributed by atoms with Gasteiger partial charge in [0.1, 0.15) is 6.10 Å². The highest BCUT2D eigenvalue weighted by Gasteiger charge is 2.53. The molecule has 1 aromatic rings. The number of halogens is 3. The van der Waals surface area contributed by atoms with E-state index in [0.29, 0.717) is 11.3 Å². The van der Waals surface area contributed by atoms with Crippen LogP contribution in [0.5, 0.6) is 0 Å². The predicted octanol–water partition coefficient (Wildman–Crippen LogP) is 4.36. The summed E-state index contributed by atoms with van der Waals surface area (Å²) in [5.74, 6) is -0.117. The van der Waals surface area contributed by atoms with Crippen LogP contribution in [0.1, 0.15) is 26.2 Å². The molecule has 2 atom stereocenters. The van der Waals surface area contributed by atoms with Gasteiger partial charge in [0.2, 0.25) is 0 Å². The fourth-order valence-electron chi connectivity index (χ4n) is 2.55. The zero-order valence-electron chi connectivity index (χ0n) is 14.6. The standard InChI is InChI=1S/C16H21F3O6S2/c1-2-3-10-23-15(20)24-13-9-11-26(12-13,14-7-5-4-6-8-14)25-27(21,22)16(17,18)19/h4-8,13H,2-3,9-12H2,1H3. The lowest BCUT2D eigenvalue weighted by molar-refractivity contribution is -0.0496. The molecule has 1 saturated heterocycles. The molecule has 0 aromatic heterocycles. The second-order valence-electron chi connectivity index (χ2n) is 5.94. The van der Waals surface area contributed by atoms with E-state index < -0.39 is 38.2 Å². The summed E-state index contributed by atoms with van der Waals surface area (Å²) in [4.78, 5) is 12.0. The number of rotatable bonds is 7. The van der Waals surface area contributed by atoms with Crippen molar-refractivity contribution in [2.75, 3.05) is 18.1 Å². The summed E-state index contributed by atoms with van der Waals surface area (Å²) in [6, 6.07) is 7.86. The van der Waals surface area contributed by atoms with Crippen LogP contribution in [-0.2, 0) is 23.2 Å². The van der Waals surface area contributed by atoms with Crippen LogP contribution in [0.4, 0.5) is 18.0 Å². The summed E-state index contributed by atoms with van der Waals surface area (Å²) in [7, 11) is -8.63. The minimum absolute atomic E-state index is 0.0270. The van der Waals surface area contributed by atoms with Crippen molar-refractivity contribution in [3.05, 3.63) is 30.3 Å². The summed E-state index contributed by atoms with van der Waals surface area (Å²) < 4.78 is 76.6. The molecule has 1 aromatic carbocycles. The Bertz CT molecular complexity index is 738. The molecule has 1 aliphatic rings. The highest BCUT2D eigenvalue weighted by molar-refractivity contribution is 8.33. The first-order valence-corrected chi connectivity index (χ1v) is 11.6. The SMILES string of the molecule is CCCCOC(=O)OC1CCS(OS(=O)(=O)C(F)(F)F)(c2ccccc2)C1. The van der Waals surface area contributed by atoms with Gasteiger partial charge in [0.15, 0.2) is 0 Å². The molecule has 0 spiro atoms. The molecule has 6 nitrogen and oxygen atoms in total. The first kappa shape index (κ1) is 21.8. The first-order chi connectivity index (χ1) is 12.6. The molecule has 0 amide bonds. The van der Waals surface area contributed by atoms with Crippen molar-refractivity contribution in [2.24, 2.45) is 0 Å². The third-order valence-corrected chi connectivity index (χ3v) is 9.14. The van der Waals surface area contributed by atoms with Crippen LogP contribution in [0.3, 0.4) is 0 Å². The predicted molar refractivity (Wildman–Crippen MR) is 93.8 cm³/mol. The third kappa shape index (κ3) is 5.52. The second-order valence-corrected chi connectivity index (χ2v) is 10.7. The van der Waals surface area contributed by atoms with Gasteiger partial charge in [-0.2, -0.15) is 21.6 Å². The van der Waals surface area contributed by atoms with Crippen molar-refractivity contribution < 1.29 is 39.5 Å². The molecule has 0 bridgehead atoms. The van der Waals surface area contributed by atoms with Crippen molar-refractivity contribution in [3.63, 3.8) is 0 Å². The number of alkyl halides is 3. The lowest BCUT2D eigenvalue weighted by Crippen LogP contribution is -2.28. The molecule has 0 aliphatic carbocycles. The van der Waals surface area contributed by atoms with Crippen molar-refractivity contribution in [1.82, 2.24) is 0 Å². The summed E-state index contributed by atoms with van der Waals surface area (Å²) in [5, 5.41) is 0. The van der Waals surface area contributed by atoms with Crippen molar-refractivity contribution in [3.8, 4) is 0 Å². The first-order valence-electron chi connectivity index (χ1n) is 8.29. The Morgan fingerprint density at radius 3 is 2.52 bits per heavy atom. The average Bonchev–Trinajstić information content (AvgIpc) is 2.98. The molecule has 2 rings (SSSR count). The number of benzene rings is 1. The van der Waals surface area contributed by atoms with E-state index in [4.69, 9.17) is 13.1 Å². The molecular weight excluding hydrogens is 409 g/mol. The number of carbonyl (C=O) groups excluding carboxylic acids is 1. The van der Waals surface area contributed by atoms with Gasteiger partial charge in [-0.25, -0.2) is 8.42 Å². The van der Waals surface area contributed by atoms with E-state index in [2.05, 4.69) is 0 Å². The van der Waals surface area contributed by atoms with Gasteiger partial charge in [0.25, 0.3) is 0 Å². The average molecular weight is 430 g/mol. The molecular formula is C16H21F3O6S2. The second kappa shape index (κ2) is 8.70. The molecule has 0 saturated carbocycles. The third-order valence-electron chi connectivity index (χ3n) is 3.88. The van der Waals surface area contributed by atoms with Crippen molar-refractivity contribution >= 4 is 26.6 Å². The number of unbranched alkanes of at least 4 members (excludes halogenated alkanes) is 1. The topological polar surface area (TPSA) is 78.9 Å². The maximum absolute atomic E-state index is 12.8. The van der Waals surface area contributed by atoms with Gasteiger partial charge < -0.3 is 9.47 Å². The fourth-order valence-corrected chi connectivity index (χ4v) is 7.76. The van der Waals surface area contributed by atoms with Gasteiger partial charge in [-0.15, -0.1) is 0 Å². The van der Waals surface area contributed by atoms with Gasteiger partial charge in [0, 0.05) is 16.4 Å². The van der Waals surface area contributed by atoms with Crippen molar-refractivity contribution in [2.45, 2.75) is 42.7 Å². The highest BCUT2D eigenvalue weighted by atomic mass is 32.3. The van der Waals surface area contributed by atoms with E-state index in [1.165, 1.54) is 12.1 Å². The number of hydrogen-bond acceptors (Lipinski definition) is 6. The fraction of sp³-hybridized carbons (Fsp3) is 0.562. The number of ether oxygens (including phenoxy) is 2.